The van der Waals surface area contributed by atoms with Crippen LogP contribution >= 0.6 is 12.2 Å². The highest BCUT2D eigenvalue weighted by atomic mass is 32.1. The van der Waals surface area contributed by atoms with Gasteiger partial charge in [-0.1, -0.05) is 13.0 Å². The molecule has 2 amide bonds. The molecule has 0 unspecified atom stereocenters. The van der Waals surface area contributed by atoms with E-state index in [-0.39, 0.29) is 16.9 Å². The molecule has 0 spiro atoms. The minimum Gasteiger partial charge on any atom is -0.494 e. The van der Waals surface area contributed by atoms with Crippen molar-refractivity contribution >= 4 is 40.5 Å². The van der Waals surface area contributed by atoms with E-state index >= 15 is 0 Å². The van der Waals surface area contributed by atoms with E-state index in [9.17, 15) is 9.59 Å². The normalized spacial score (nSPS) is 10.0. The number of rotatable bonds is 6. The van der Waals surface area contributed by atoms with Gasteiger partial charge in [0.05, 0.1) is 6.61 Å². The molecule has 0 heterocycles. The Labute approximate surface area is 164 Å². The molecule has 0 saturated carbocycles. The molecule has 6 nitrogen and oxygen atoms in total. The Hall–Kier alpha value is -2.93. The van der Waals surface area contributed by atoms with Gasteiger partial charge in [0.1, 0.15) is 5.75 Å². The summed E-state index contributed by atoms with van der Waals surface area (Å²) in [5, 5.41) is 5.78. The number of thiocarbonyl (C=S) groups is 1. The zero-order valence-corrected chi connectivity index (χ0v) is 16.4. The summed E-state index contributed by atoms with van der Waals surface area (Å²) in [6.45, 7) is 4.12. The van der Waals surface area contributed by atoms with Crippen LogP contribution < -0.4 is 20.3 Å². The number of hydrogen-bond donors (Lipinski definition) is 2. The first-order chi connectivity index (χ1) is 12.9. The number of hydrogen-bond acceptors (Lipinski definition) is 4. The highest BCUT2D eigenvalue weighted by Crippen LogP contribution is 2.17. The summed E-state index contributed by atoms with van der Waals surface area (Å²) in [5.41, 5.74) is 1.94. The second kappa shape index (κ2) is 9.68. The van der Waals surface area contributed by atoms with Gasteiger partial charge in [0.25, 0.3) is 5.91 Å². The minimum absolute atomic E-state index is 0.0522. The van der Waals surface area contributed by atoms with Gasteiger partial charge in [-0.15, -0.1) is 0 Å². The number of nitrogens with one attached hydrogen (secondary N) is 2. The Morgan fingerprint density at radius 3 is 2.48 bits per heavy atom. The maximum absolute atomic E-state index is 12.4. The lowest BCUT2D eigenvalue weighted by Crippen LogP contribution is -2.34. The van der Waals surface area contributed by atoms with E-state index < -0.39 is 0 Å². The third-order valence-corrected chi connectivity index (χ3v) is 3.99. The molecule has 0 bridgehead atoms. The summed E-state index contributed by atoms with van der Waals surface area (Å²) in [7, 11) is 1.70. The fourth-order valence-electron chi connectivity index (χ4n) is 2.23. The van der Waals surface area contributed by atoms with Gasteiger partial charge in [0.15, 0.2) is 5.11 Å². The molecule has 0 saturated heterocycles. The number of carbonyl (C=O) groups is 2. The lowest BCUT2D eigenvalue weighted by atomic mass is 10.2. The first-order valence-corrected chi connectivity index (χ1v) is 9.01. The van der Waals surface area contributed by atoms with E-state index in [1.54, 1.807) is 49.5 Å². The van der Waals surface area contributed by atoms with Crippen LogP contribution in [0, 0.1) is 0 Å². The summed E-state index contributed by atoms with van der Waals surface area (Å²) in [6.07, 6.45) is 0.894. The molecule has 142 valence electrons. The number of benzene rings is 2. The van der Waals surface area contributed by atoms with E-state index in [1.165, 1.54) is 11.8 Å². The molecular formula is C20H23N3O3S. The summed E-state index contributed by atoms with van der Waals surface area (Å²) < 4.78 is 5.54. The second-order valence-electron chi connectivity index (χ2n) is 5.91. The average Bonchev–Trinajstić information content (AvgIpc) is 2.66. The Morgan fingerprint density at radius 2 is 1.85 bits per heavy atom. The standard InChI is InChI=1S/C20H23N3O3S/c1-4-12-26-18-7-5-6-15(13-18)19(25)22-20(27)21-16-8-10-17(11-9-16)23(3)14(2)24/h5-11,13H,4,12H2,1-3H3,(H2,21,22,25,27). The molecule has 0 atom stereocenters. The molecule has 0 radical (unpaired) electrons. The predicted octanol–water partition coefficient (Wildman–Crippen LogP) is 3.58. The molecule has 2 aromatic rings. The molecule has 0 aromatic heterocycles. The van der Waals surface area contributed by atoms with Crippen molar-refractivity contribution in [2.75, 3.05) is 23.9 Å². The van der Waals surface area contributed by atoms with Crippen LogP contribution in [0.25, 0.3) is 0 Å². The maximum Gasteiger partial charge on any atom is 0.257 e. The van der Waals surface area contributed by atoms with Crippen molar-refractivity contribution in [2.45, 2.75) is 20.3 Å². The molecule has 2 aromatic carbocycles. The summed E-state index contributed by atoms with van der Waals surface area (Å²) in [5.74, 6) is 0.277. The zero-order chi connectivity index (χ0) is 19.8. The Morgan fingerprint density at radius 1 is 1.15 bits per heavy atom. The second-order valence-corrected chi connectivity index (χ2v) is 6.32. The van der Waals surface area contributed by atoms with Crippen molar-refractivity contribution in [3.63, 3.8) is 0 Å². The van der Waals surface area contributed by atoms with Crippen molar-refractivity contribution in [3.05, 3.63) is 54.1 Å². The van der Waals surface area contributed by atoms with Gasteiger partial charge in [0, 0.05) is 30.9 Å². The monoisotopic (exact) mass is 385 g/mol. The van der Waals surface area contributed by atoms with Crippen LogP contribution in [0.3, 0.4) is 0 Å². The van der Waals surface area contributed by atoms with E-state index in [2.05, 4.69) is 10.6 Å². The van der Waals surface area contributed by atoms with Gasteiger partial charge in [-0.25, -0.2) is 0 Å². The highest BCUT2D eigenvalue weighted by molar-refractivity contribution is 7.80. The zero-order valence-electron chi connectivity index (χ0n) is 15.6. The Bertz CT molecular complexity index is 821. The molecular weight excluding hydrogens is 362 g/mol. The Balaban J connectivity index is 1.95. The lowest BCUT2D eigenvalue weighted by molar-refractivity contribution is -0.116. The molecule has 2 N–H and O–H groups in total. The molecule has 0 aliphatic rings. The fourth-order valence-corrected chi connectivity index (χ4v) is 2.45. The van der Waals surface area contributed by atoms with Crippen LogP contribution in [0.15, 0.2) is 48.5 Å². The highest BCUT2D eigenvalue weighted by Gasteiger charge is 2.10. The van der Waals surface area contributed by atoms with Crippen LogP contribution in [-0.2, 0) is 4.79 Å². The summed E-state index contributed by atoms with van der Waals surface area (Å²) in [6, 6.07) is 14.1. The van der Waals surface area contributed by atoms with Gasteiger partial charge in [-0.3, -0.25) is 14.9 Å². The summed E-state index contributed by atoms with van der Waals surface area (Å²) >= 11 is 5.20. The van der Waals surface area contributed by atoms with Crippen molar-refractivity contribution < 1.29 is 14.3 Å². The van der Waals surface area contributed by atoms with Gasteiger partial charge in [0.2, 0.25) is 5.91 Å². The number of anilines is 2. The third kappa shape index (κ3) is 6.07. The fraction of sp³-hybridized carbons (Fsp3) is 0.250. The quantitative estimate of drug-likeness (QED) is 0.744. The first-order valence-electron chi connectivity index (χ1n) is 8.60. The molecule has 2 rings (SSSR count). The lowest BCUT2D eigenvalue weighted by Gasteiger charge is -2.16. The predicted molar refractivity (Wildman–Crippen MR) is 111 cm³/mol. The average molecular weight is 385 g/mol. The van der Waals surface area contributed by atoms with E-state index in [0.29, 0.717) is 23.6 Å². The Kier molecular flexibility index (Phi) is 7.31. The molecule has 0 aliphatic carbocycles. The summed E-state index contributed by atoms with van der Waals surface area (Å²) in [4.78, 5) is 25.3. The molecule has 0 fully saturated rings. The number of carbonyl (C=O) groups excluding carboxylic acids is 2. The van der Waals surface area contributed by atoms with Gasteiger partial charge in [-0.2, -0.15) is 0 Å². The molecule has 27 heavy (non-hydrogen) atoms. The van der Waals surface area contributed by atoms with Crippen LogP contribution in [0.1, 0.15) is 30.6 Å². The van der Waals surface area contributed by atoms with Crippen molar-refractivity contribution in [3.8, 4) is 5.75 Å². The largest absolute Gasteiger partial charge is 0.494 e. The molecule has 0 aliphatic heterocycles. The van der Waals surface area contributed by atoms with Crippen LogP contribution in [0.5, 0.6) is 5.75 Å². The molecule has 7 heteroatoms. The van der Waals surface area contributed by atoms with Crippen LogP contribution in [-0.4, -0.2) is 30.6 Å². The first kappa shape index (κ1) is 20.4. The maximum atomic E-state index is 12.4. The van der Waals surface area contributed by atoms with Crippen LogP contribution in [0.2, 0.25) is 0 Å². The van der Waals surface area contributed by atoms with Gasteiger partial charge < -0.3 is 15.0 Å². The topological polar surface area (TPSA) is 70.7 Å². The van der Waals surface area contributed by atoms with Crippen molar-refractivity contribution in [2.24, 2.45) is 0 Å². The minimum atomic E-state index is -0.317. The smallest absolute Gasteiger partial charge is 0.257 e. The third-order valence-electron chi connectivity index (χ3n) is 3.78. The van der Waals surface area contributed by atoms with E-state index in [0.717, 1.165) is 12.1 Å². The number of amides is 2. The van der Waals surface area contributed by atoms with Crippen LogP contribution in [0.4, 0.5) is 11.4 Å². The van der Waals surface area contributed by atoms with E-state index in [1.807, 2.05) is 13.0 Å². The van der Waals surface area contributed by atoms with Gasteiger partial charge in [-0.05, 0) is 61.1 Å². The van der Waals surface area contributed by atoms with Crippen molar-refractivity contribution in [1.29, 1.82) is 0 Å². The van der Waals surface area contributed by atoms with E-state index in [4.69, 9.17) is 17.0 Å². The SMILES string of the molecule is CCCOc1cccc(C(=O)NC(=S)Nc2ccc(N(C)C(C)=O)cc2)c1. The number of nitrogens with zero attached hydrogens (tertiary/aromatic N) is 1. The number of ether oxygens (including phenoxy) is 1. The van der Waals surface area contributed by atoms with Crippen molar-refractivity contribution in [1.82, 2.24) is 5.32 Å². The van der Waals surface area contributed by atoms with Gasteiger partial charge >= 0.3 is 0 Å².